The molecule has 2 rings (SSSR count). The highest BCUT2D eigenvalue weighted by atomic mass is 16.3. The summed E-state index contributed by atoms with van der Waals surface area (Å²) in [6, 6.07) is 17.1. The molecule has 0 radical (unpaired) electrons. The number of para-hydroxylation sites is 1. The molecule has 0 aromatic heterocycles. The van der Waals surface area contributed by atoms with Crippen LogP contribution in [0.3, 0.4) is 0 Å². The highest BCUT2D eigenvalue weighted by Crippen LogP contribution is 2.21. The molecule has 4 heteroatoms. The third-order valence-electron chi connectivity index (χ3n) is 3.10. The quantitative estimate of drug-likeness (QED) is 0.841. The van der Waals surface area contributed by atoms with E-state index in [-0.39, 0.29) is 6.61 Å². The zero-order valence-corrected chi connectivity index (χ0v) is 11.2. The highest BCUT2D eigenvalue weighted by molar-refractivity contribution is 5.98. The average Bonchev–Trinajstić information content (AvgIpc) is 2.48. The van der Waals surface area contributed by atoms with Crippen molar-refractivity contribution >= 4 is 11.6 Å². The van der Waals surface area contributed by atoms with Crippen molar-refractivity contribution in [3.05, 3.63) is 65.7 Å². The minimum atomic E-state index is -0.461. The SMILES string of the molecule is NC(=O)c1ccccc1N(CCO)Cc1ccccc1. The maximum absolute atomic E-state index is 11.5. The van der Waals surface area contributed by atoms with Gasteiger partial charge in [0.15, 0.2) is 0 Å². The first-order chi connectivity index (χ1) is 9.72. The number of rotatable bonds is 6. The van der Waals surface area contributed by atoms with Gasteiger partial charge in [0.2, 0.25) is 0 Å². The van der Waals surface area contributed by atoms with Crippen molar-refractivity contribution in [2.45, 2.75) is 6.54 Å². The largest absolute Gasteiger partial charge is 0.395 e. The molecule has 0 aliphatic heterocycles. The molecule has 104 valence electrons. The lowest BCUT2D eigenvalue weighted by Gasteiger charge is -2.25. The van der Waals surface area contributed by atoms with Gasteiger partial charge in [-0.1, -0.05) is 42.5 Å². The predicted octanol–water partition coefficient (Wildman–Crippen LogP) is 1.78. The number of carbonyl (C=O) groups is 1. The molecule has 0 saturated carbocycles. The van der Waals surface area contributed by atoms with Gasteiger partial charge >= 0.3 is 0 Å². The van der Waals surface area contributed by atoms with E-state index in [9.17, 15) is 9.90 Å². The Kier molecular flexibility index (Phi) is 4.74. The Bertz CT molecular complexity index is 570. The predicted molar refractivity (Wildman–Crippen MR) is 79.5 cm³/mol. The minimum absolute atomic E-state index is 0.0138. The Morgan fingerprint density at radius 1 is 1.05 bits per heavy atom. The van der Waals surface area contributed by atoms with E-state index >= 15 is 0 Å². The molecule has 0 aliphatic rings. The summed E-state index contributed by atoms with van der Waals surface area (Å²) in [6.07, 6.45) is 0. The summed E-state index contributed by atoms with van der Waals surface area (Å²) in [5.74, 6) is -0.461. The van der Waals surface area contributed by atoms with Crippen LogP contribution in [0.25, 0.3) is 0 Å². The summed E-state index contributed by atoms with van der Waals surface area (Å²) in [6.45, 7) is 1.07. The Morgan fingerprint density at radius 2 is 1.70 bits per heavy atom. The van der Waals surface area contributed by atoms with Crippen molar-refractivity contribution in [2.75, 3.05) is 18.1 Å². The third kappa shape index (κ3) is 3.36. The lowest BCUT2D eigenvalue weighted by atomic mass is 10.1. The van der Waals surface area contributed by atoms with E-state index in [0.717, 1.165) is 11.3 Å². The summed E-state index contributed by atoms with van der Waals surface area (Å²) >= 11 is 0. The van der Waals surface area contributed by atoms with Crippen LogP contribution in [0, 0.1) is 0 Å². The number of nitrogens with zero attached hydrogens (tertiary/aromatic N) is 1. The third-order valence-corrected chi connectivity index (χ3v) is 3.10. The summed E-state index contributed by atoms with van der Waals surface area (Å²) in [7, 11) is 0. The van der Waals surface area contributed by atoms with E-state index in [2.05, 4.69) is 0 Å². The molecule has 20 heavy (non-hydrogen) atoms. The van der Waals surface area contributed by atoms with E-state index in [1.807, 2.05) is 47.4 Å². The summed E-state index contributed by atoms with van der Waals surface area (Å²) < 4.78 is 0. The van der Waals surface area contributed by atoms with Gasteiger partial charge in [0.05, 0.1) is 12.2 Å². The Hall–Kier alpha value is -2.33. The van der Waals surface area contributed by atoms with Crippen molar-refractivity contribution in [1.82, 2.24) is 0 Å². The molecule has 0 saturated heterocycles. The van der Waals surface area contributed by atoms with Gasteiger partial charge in [-0.15, -0.1) is 0 Å². The van der Waals surface area contributed by atoms with Gasteiger partial charge in [-0.2, -0.15) is 0 Å². The standard InChI is InChI=1S/C16H18N2O2/c17-16(20)14-8-4-5-9-15(14)18(10-11-19)12-13-6-2-1-3-7-13/h1-9,19H,10-12H2,(H2,17,20). The van der Waals surface area contributed by atoms with E-state index in [1.54, 1.807) is 12.1 Å². The fourth-order valence-corrected chi connectivity index (χ4v) is 2.17. The maximum atomic E-state index is 11.5. The zero-order valence-electron chi connectivity index (χ0n) is 11.2. The molecule has 0 unspecified atom stereocenters. The second kappa shape index (κ2) is 6.73. The van der Waals surface area contributed by atoms with E-state index in [1.165, 1.54) is 0 Å². The fourth-order valence-electron chi connectivity index (χ4n) is 2.17. The fraction of sp³-hybridized carbons (Fsp3) is 0.188. The molecule has 0 aliphatic carbocycles. The first-order valence-electron chi connectivity index (χ1n) is 6.51. The normalized spacial score (nSPS) is 10.2. The number of aliphatic hydroxyl groups excluding tert-OH is 1. The maximum Gasteiger partial charge on any atom is 0.250 e. The molecule has 0 spiro atoms. The molecule has 1 amide bonds. The summed E-state index contributed by atoms with van der Waals surface area (Å²) in [5, 5.41) is 9.25. The van der Waals surface area contributed by atoms with Crippen LogP contribution in [0.15, 0.2) is 54.6 Å². The number of carbonyl (C=O) groups excluding carboxylic acids is 1. The van der Waals surface area contributed by atoms with Crippen molar-refractivity contribution in [3.63, 3.8) is 0 Å². The number of primary amides is 1. The smallest absolute Gasteiger partial charge is 0.250 e. The number of anilines is 1. The number of aliphatic hydroxyl groups is 1. The van der Waals surface area contributed by atoms with Gasteiger partial charge in [0.1, 0.15) is 0 Å². The second-order valence-electron chi connectivity index (χ2n) is 4.51. The molecular formula is C16H18N2O2. The number of benzene rings is 2. The van der Waals surface area contributed by atoms with Gasteiger partial charge in [-0.05, 0) is 17.7 Å². The van der Waals surface area contributed by atoms with Gasteiger partial charge < -0.3 is 15.7 Å². The summed E-state index contributed by atoms with van der Waals surface area (Å²) in [4.78, 5) is 13.5. The molecule has 3 N–H and O–H groups in total. The van der Waals surface area contributed by atoms with Crippen molar-refractivity contribution in [1.29, 1.82) is 0 Å². The molecule has 0 bridgehead atoms. The lowest BCUT2D eigenvalue weighted by Crippen LogP contribution is -2.28. The molecular weight excluding hydrogens is 252 g/mol. The van der Waals surface area contributed by atoms with E-state index in [0.29, 0.717) is 18.7 Å². The van der Waals surface area contributed by atoms with Crippen LogP contribution >= 0.6 is 0 Å². The van der Waals surface area contributed by atoms with Crippen LogP contribution in [0.1, 0.15) is 15.9 Å². The molecule has 2 aromatic carbocycles. The molecule has 4 nitrogen and oxygen atoms in total. The van der Waals surface area contributed by atoms with Crippen LogP contribution < -0.4 is 10.6 Å². The average molecular weight is 270 g/mol. The van der Waals surface area contributed by atoms with Gasteiger partial charge in [0.25, 0.3) is 5.91 Å². The van der Waals surface area contributed by atoms with E-state index < -0.39 is 5.91 Å². The topological polar surface area (TPSA) is 66.6 Å². The Morgan fingerprint density at radius 3 is 2.35 bits per heavy atom. The Balaban J connectivity index is 2.31. The van der Waals surface area contributed by atoms with Crippen molar-refractivity contribution < 1.29 is 9.90 Å². The van der Waals surface area contributed by atoms with Crippen LogP contribution in [-0.2, 0) is 6.54 Å². The molecule has 0 fully saturated rings. The highest BCUT2D eigenvalue weighted by Gasteiger charge is 2.14. The lowest BCUT2D eigenvalue weighted by molar-refractivity contribution is 0.100. The first-order valence-corrected chi connectivity index (χ1v) is 6.51. The number of hydrogen-bond acceptors (Lipinski definition) is 3. The van der Waals surface area contributed by atoms with Crippen LogP contribution in [-0.4, -0.2) is 24.2 Å². The van der Waals surface area contributed by atoms with E-state index in [4.69, 9.17) is 5.73 Å². The first kappa shape index (κ1) is 14.1. The summed E-state index contributed by atoms with van der Waals surface area (Å²) in [5.41, 5.74) is 7.74. The number of amides is 1. The van der Waals surface area contributed by atoms with Gasteiger partial charge in [0, 0.05) is 18.8 Å². The van der Waals surface area contributed by atoms with Gasteiger partial charge in [-0.3, -0.25) is 4.79 Å². The van der Waals surface area contributed by atoms with Crippen LogP contribution in [0.4, 0.5) is 5.69 Å². The monoisotopic (exact) mass is 270 g/mol. The zero-order chi connectivity index (χ0) is 14.4. The second-order valence-corrected chi connectivity index (χ2v) is 4.51. The molecule has 0 atom stereocenters. The minimum Gasteiger partial charge on any atom is -0.395 e. The number of nitrogens with two attached hydrogens (primary N) is 1. The van der Waals surface area contributed by atoms with Crippen LogP contribution in [0.5, 0.6) is 0 Å². The van der Waals surface area contributed by atoms with Gasteiger partial charge in [-0.25, -0.2) is 0 Å². The van der Waals surface area contributed by atoms with Crippen LogP contribution in [0.2, 0.25) is 0 Å². The number of hydrogen-bond donors (Lipinski definition) is 2. The Labute approximate surface area is 118 Å². The molecule has 0 heterocycles. The van der Waals surface area contributed by atoms with Crippen molar-refractivity contribution in [3.8, 4) is 0 Å². The van der Waals surface area contributed by atoms with Crippen molar-refractivity contribution in [2.24, 2.45) is 5.73 Å². The molecule has 2 aromatic rings.